The molecular formula is C10H11N3O. The number of terminal acetylenes is 1. The van der Waals surface area contributed by atoms with Crippen molar-refractivity contribution < 1.29 is 4.79 Å². The zero-order chi connectivity index (χ0) is 10.4. The van der Waals surface area contributed by atoms with Crippen LogP contribution < -0.4 is 11.1 Å². The summed E-state index contributed by atoms with van der Waals surface area (Å²) in [7, 11) is 0. The van der Waals surface area contributed by atoms with Gasteiger partial charge in [-0.05, 0) is 12.1 Å². The molecule has 0 aromatic carbocycles. The summed E-state index contributed by atoms with van der Waals surface area (Å²) in [6.07, 6.45) is 8.44. The Hall–Kier alpha value is -1.86. The fourth-order valence-electron chi connectivity index (χ4n) is 0.890. The highest BCUT2D eigenvalue weighted by Crippen LogP contribution is 2.03. The summed E-state index contributed by atoms with van der Waals surface area (Å²) in [5, 5.41) is 2.63. The average Bonchev–Trinajstić information content (AvgIpc) is 2.19. The van der Waals surface area contributed by atoms with Gasteiger partial charge in [-0.3, -0.25) is 9.78 Å². The number of hydrogen-bond acceptors (Lipinski definition) is 3. The van der Waals surface area contributed by atoms with Gasteiger partial charge in [0.15, 0.2) is 0 Å². The first-order chi connectivity index (χ1) is 6.74. The Kier molecular flexibility index (Phi) is 3.65. The Morgan fingerprint density at radius 3 is 2.86 bits per heavy atom. The van der Waals surface area contributed by atoms with Crippen molar-refractivity contribution in [3.8, 4) is 12.3 Å². The second-order valence-electron chi connectivity index (χ2n) is 2.74. The highest BCUT2D eigenvalue weighted by atomic mass is 16.2. The molecule has 0 bridgehead atoms. The van der Waals surface area contributed by atoms with Crippen molar-refractivity contribution in [2.75, 3.05) is 5.32 Å². The van der Waals surface area contributed by atoms with Gasteiger partial charge in [0.1, 0.15) is 0 Å². The van der Waals surface area contributed by atoms with Gasteiger partial charge in [0.05, 0.1) is 6.04 Å². The van der Waals surface area contributed by atoms with Crippen molar-refractivity contribution in [1.82, 2.24) is 4.98 Å². The maximum Gasteiger partial charge on any atom is 0.242 e. The number of nitrogens with one attached hydrogen (secondary N) is 1. The first-order valence-corrected chi connectivity index (χ1v) is 4.14. The lowest BCUT2D eigenvalue weighted by Gasteiger charge is -2.08. The standard InChI is InChI=1S/C10H11N3O/c1-2-3-9(11)10(14)13-8-4-6-12-7-5-8/h1,4-7,9H,3,11H2,(H,12,13,14). The fraction of sp³-hybridized carbons (Fsp3) is 0.200. The Morgan fingerprint density at radius 2 is 2.29 bits per heavy atom. The molecule has 4 heteroatoms. The minimum atomic E-state index is -0.659. The van der Waals surface area contributed by atoms with E-state index in [0.717, 1.165) is 0 Å². The van der Waals surface area contributed by atoms with E-state index < -0.39 is 6.04 Å². The Bertz CT molecular complexity index is 342. The third kappa shape index (κ3) is 2.88. The quantitative estimate of drug-likeness (QED) is 0.675. The molecule has 4 nitrogen and oxygen atoms in total. The van der Waals surface area contributed by atoms with Crippen LogP contribution >= 0.6 is 0 Å². The van der Waals surface area contributed by atoms with Crippen molar-refractivity contribution in [3.05, 3.63) is 24.5 Å². The third-order valence-electron chi connectivity index (χ3n) is 1.62. The van der Waals surface area contributed by atoms with Crippen LogP contribution in [0.3, 0.4) is 0 Å². The third-order valence-corrected chi connectivity index (χ3v) is 1.62. The molecule has 1 heterocycles. The van der Waals surface area contributed by atoms with Crippen LogP contribution in [0.4, 0.5) is 5.69 Å². The van der Waals surface area contributed by atoms with E-state index in [1.807, 2.05) is 0 Å². The van der Waals surface area contributed by atoms with E-state index in [-0.39, 0.29) is 12.3 Å². The van der Waals surface area contributed by atoms with Crippen LogP contribution in [0.2, 0.25) is 0 Å². The predicted molar refractivity (Wildman–Crippen MR) is 54.3 cm³/mol. The molecule has 0 aliphatic heterocycles. The van der Waals surface area contributed by atoms with Crippen molar-refractivity contribution in [2.45, 2.75) is 12.5 Å². The van der Waals surface area contributed by atoms with Crippen LogP contribution in [0, 0.1) is 12.3 Å². The van der Waals surface area contributed by atoms with E-state index in [1.54, 1.807) is 24.5 Å². The van der Waals surface area contributed by atoms with Crippen molar-refractivity contribution >= 4 is 11.6 Å². The van der Waals surface area contributed by atoms with Crippen LogP contribution in [0.25, 0.3) is 0 Å². The molecule has 0 aliphatic carbocycles. The topological polar surface area (TPSA) is 68.0 Å². The number of carbonyl (C=O) groups excluding carboxylic acids is 1. The highest BCUT2D eigenvalue weighted by molar-refractivity contribution is 5.94. The zero-order valence-corrected chi connectivity index (χ0v) is 7.60. The van der Waals surface area contributed by atoms with E-state index in [0.29, 0.717) is 5.69 Å². The second-order valence-corrected chi connectivity index (χ2v) is 2.74. The minimum absolute atomic E-state index is 0.233. The predicted octanol–water partition coefficient (Wildman–Crippen LogP) is 0.371. The highest BCUT2D eigenvalue weighted by Gasteiger charge is 2.11. The van der Waals surface area contributed by atoms with Crippen molar-refractivity contribution in [3.63, 3.8) is 0 Å². The molecule has 0 radical (unpaired) electrons. The van der Waals surface area contributed by atoms with E-state index in [2.05, 4.69) is 16.2 Å². The molecule has 0 fully saturated rings. The molecule has 14 heavy (non-hydrogen) atoms. The van der Waals surface area contributed by atoms with Crippen LogP contribution in [0.15, 0.2) is 24.5 Å². The Balaban J connectivity index is 2.54. The maximum atomic E-state index is 11.4. The van der Waals surface area contributed by atoms with E-state index in [1.165, 1.54) is 0 Å². The molecule has 0 aliphatic rings. The summed E-state index contributed by atoms with van der Waals surface area (Å²) in [5.74, 6) is 2.05. The van der Waals surface area contributed by atoms with Gasteiger partial charge < -0.3 is 11.1 Å². The number of pyridine rings is 1. The molecule has 1 unspecified atom stereocenters. The van der Waals surface area contributed by atoms with Crippen LogP contribution in [-0.4, -0.2) is 16.9 Å². The van der Waals surface area contributed by atoms with E-state index in [9.17, 15) is 4.79 Å². The van der Waals surface area contributed by atoms with Crippen LogP contribution in [0.1, 0.15) is 6.42 Å². The van der Waals surface area contributed by atoms with Gasteiger partial charge in [0, 0.05) is 24.5 Å². The number of nitrogens with zero attached hydrogens (tertiary/aromatic N) is 1. The van der Waals surface area contributed by atoms with Crippen molar-refractivity contribution in [1.29, 1.82) is 0 Å². The molecule has 1 amide bonds. The molecule has 1 rings (SSSR count). The lowest BCUT2D eigenvalue weighted by atomic mass is 10.2. The van der Waals surface area contributed by atoms with Crippen LogP contribution in [0.5, 0.6) is 0 Å². The molecular weight excluding hydrogens is 178 g/mol. The van der Waals surface area contributed by atoms with Gasteiger partial charge in [-0.25, -0.2) is 0 Å². The Labute approximate surface area is 82.5 Å². The lowest BCUT2D eigenvalue weighted by molar-refractivity contribution is -0.117. The van der Waals surface area contributed by atoms with E-state index in [4.69, 9.17) is 12.2 Å². The summed E-state index contributed by atoms with van der Waals surface area (Å²) in [6, 6.07) is 2.70. The molecule has 0 saturated heterocycles. The van der Waals surface area contributed by atoms with Gasteiger partial charge in [-0.15, -0.1) is 12.3 Å². The monoisotopic (exact) mass is 189 g/mol. The summed E-state index contributed by atoms with van der Waals surface area (Å²) in [5.41, 5.74) is 6.17. The van der Waals surface area contributed by atoms with Gasteiger partial charge in [0.2, 0.25) is 5.91 Å². The summed E-state index contributed by atoms with van der Waals surface area (Å²) < 4.78 is 0. The maximum absolute atomic E-state index is 11.4. The molecule has 1 atom stereocenters. The molecule has 3 N–H and O–H groups in total. The summed E-state index contributed by atoms with van der Waals surface area (Å²) in [4.78, 5) is 15.2. The number of aromatic nitrogens is 1. The molecule has 0 spiro atoms. The van der Waals surface area contributed by atoms with Gasteiger partial charge >= 0.3 is 0 Å². The van der Waals surface area contributed by atoms with Gasteiger partial charge in [-0.1, -0.05) is 0 Å². The summed E-state index contributed by atoms with van der Waals surface area (Å²) in [6.45, 7) is 0. The summed E-state index contributed by atoms with van der Waals surface area (Å²) >= 11 is 0. The minimum Gasteiger partial charge on any atom is -0.325 e. The second kappa shape index (κ2) is 5.00. The smallest absolute Gasteiger partial charge is 0.242 e. The fourth-order valence-corrected chi connectivity index (χ4v) is 0.890. The molecule has 0 saturated carbocycles. The molecule has 1 aromatic rings. The van der Waals surface area contributed by atoms with Gasteiger partial charge in [0.25, 0.3) is 0 Å². The Morgan fingerprint density at radius 1 is 1.64 bits per heavy atom. The number of anilines is 1. The number of carbonyl (C=O) groups is 1. The molecule has 1 aromatic heterocycles. The normalized spacial score (nSPS) is 11.4. The van der Waals surface area contributed by atoms with Crippen LogP contribution in [-0.2, 0) is 4.79 Å². The number of rotatable bonds is 3. The van der Waals surface area contributed by atoms with Crippen molar-refractivity contribution in [2.24, 2.45) is 5.73 Å². The number of nitrogens with two attached hydrogens (primary N) is 1. The average molecular weight is 189 g/mol. The molecule has 72 valence electrons. The van der Waals surface area contributed by atoms with E-state index >= 15 is 0 Å². The van der Waals surface area contributed by atoms with Gasteiger partial charge in [-0.2, -0.15) is 0 Å². The zero-order valence-electron chi connectivity index (χ0n) is 7.60. The largest absolute Gasteiger partial charge is 0.325 e. The first kappa shape index (κ1) is 10.2. The number of amides is 1. The number of hydrogen-bond donors (Lipinski definition) is 2. The lowest BCUT2D eigenvalue weighted by Crippen LogP contribution is -2.35. The first-order valence-electron chi connectivity index (χ1n) is 4.14. The SMILES string of the molecule is C#CCC(N)C(=O)Nc1ccncc1.